The third kappa shape index (κ3) is 2.37. The van der Waals surface area contributed by atoms with Gasteiger partial charge in [-0.15, -0.1) is 11.3 Å². The minimum absolute atomic E-state index is 0.225. The third-order valence-electron chi connectivity index (χ3n) is 1.97. The number of anilines is 1. The topological polar surface area (TPSA) is 85.8 Å². The monoisotopic (exact) mass is 237 g/mol. The first kappa shape index (κ1) is 10.6. The molecule has 6 nitrogen and oxygen atoms in total. The highest BCUT2D eigenvalue weighted by Gasteiger charge is 2.09. The van der Waals surface area contributed by atoms with E-state index < -0.39 is 0 Å². The molecule has 0 unspecified atom stereocenters. The number of hydrogen-bond donors (Lipinski definition) is 2. The van der Waals surface area contributed by atoms with Crippen molar-refractivity contribution in [3.63, 3.8) is 0 Å². The average Bonchev–Trinajstić information content (AvgIpc) is 2.84. The Balaban J connectivity index is 1.93. The van der Waals surface area contributed by atoms with Crippen LogP contribution in [0.4, 0.5) is 5.13 Å². The van der Waals surface area contributed by atoms with Gasteiger partial charge in [-0.3, -0.25) is 9.48 Å². The molecule has 2 aromatic heterocycles. The molecule has 0 aliphatic heterocycles. The van der Waals surface area contributed by atoms with Crippen LogP contribution in [0.1, 0.15) is 16.1 Å². The molecule has 7 heteroatoms. The van der Waals surface area contributed by atoms with Crippen molar-refractivity contribution in [1.82, 2.24) is 20.1 Å². The summed E-state index contributed by atoms with van der Waals surface area (Å²) in [4.78, 5) is 15.5. The van der Waals surface area contributed by atoms with Crippen LogP contribution in [0.15, 0.2) is 17.8 Å². The predicted octanol–water partition coefficient (Wildman–Crippen LogP) is 0.389. The normalized spacial score (nSPS) is 10.3. The van der Waals surface area contributed by atoms with Gasteiger partial charge in [0.25, 0.3) is 5.91 Å². The van der Waals surface area contributed by atoms with Crippen LogP contribution in [-0.2, 0) is 13.6 Å². The van der Waals surface area contributed by atoms with Gasteiger partial charge in [0.05, 0.1) is 6.20 Å². The highest BCUT2D eigenvalue weighted by atomic mass is 32.1. The molecule has 1 amide bonds. The van der Waals surface area contributed by atoms with E-state index >= 15 is 0 Å². The van der Waals surface area contributed by atoms with Crippen molar-refractivity contribution >= 4 is 22.4 Å². The van der Waals surface area contributed by atoms with Crippen molar-refractivity contribution < 1.29 is 4.79 Å². The van der Waals surface area contributed by atoms with Crippen LogP contribution in [0, 0.1) is 0 Å². The summed E-state index contributed by atoms with van der Waals surface area (Å²) in [5.74, 6) is -0.225. The predicted molar refractivity (Wildman–Crippen MR) is 60.9 cm³/mol. The molecule has 0 aromatic carbocycles. The minimum atomic E-state index is -0.225. The van der Waals surface area contributed by atoms with Gasteiger partial charge in [-0.25, -0.2) is 4.98 Å². The zero-order valence-corrected chi connectivity index (χ0v) is 9.49. The highest BCUT2D eigenvalue weighted by Crippen LogP contribution is 2.10. The molecule has 0 saturated heterocycles. The van der Waals surface area contributed by atoms with Crippen molar-refractivity contribution in [3.8, 4) is 0 Å². The van der Waals surface area contributed by atoms with Crippen molar-refractivity contribution in [3.05, 3.63) is 29.0 Å². The molecular formula is C9H11N5OS. The van der Waals surface area contributed by atoms with Gasteiger partial charge in [-0.1, -0.05) is 0 Å². The van der Waals surface area contributed by atoms with Gasteiger partial charge in [-0.05, 0) is 0 Å². The third-order valence-corrected chi connectivity index (χ3v) is 2.64. The van der Waals surface area contributed by atoms with Crippen LogP contribution in [0.3, 0.4) is 0 Å². The summed E-state index contributed by atoms with van der Waals surface area (Å²) in [6.07, 6.45) is 3.55. The molecule has 0 radical (unpaired) electrons. The summed E-state index contributed by atoms with van der Waals surface area (Å²) in [7, 11) is 1.83. The van der Waals surface area contributed by atoms with Crippen LogP contribution in [0.2, 0.25) is 0 Å². The number of nitrogen functional groups attached to an aromatic ring is 1. The Morgan fingerprint density at radius 1 is 1.69 bits per heavy atom. The smallest absolute Gasteiger partial charge is 0.271 e. The lowest BCUT2D eigenvalue weighted by Gasteiger charge is -1.99. The maximum Gasteiger partial charge on any atom is 0.271 e. The van der Waals surface area contributed by atoms with E-state index in [0.717, 1.165) is 5.56 Å². The van der Waals surface area contributed by atoms with Gasteiger partial charge < -0.3 is 11.1 Å². The molecule has 0 bridgehead atoms. The molecule has 84 valence electrons. The summed E-state index contributed by atoms with van der Waals surface area (Å²) in [6, 6.07) is 0. The number of aromatic nitrogens is 3. The maximum atomic E-state index is 11.6. The first-order valence-corrected chi connectivity index (χ1v) is 5.50. The molecule has 2 rings (SSSR count). The molecule has 2 heterocycles. The molecule has 0 aliphatic rings. The van der Waals surface area contributed by atoms with E-state index in [2.05, 4.69) is 15.4 Å². The van der Waals surface area contributed by atoms with E-state index in [-0.39, 0.29) is 5.91 Å². The number of nitrogens with zero attached hydrogens (tertiary/aromatic N) is 3. The lowest BCUT2D eigenvalue weighted by atomic mass is 10.3. The number of carbonyl (C=O) groups excluding carboxylic acids is 1. The second-order valence-corrected chi connectivity index (χ2v) is 4.17. The van der Waals surface area contributed by atoms with E-state index in [4.69, 9.17) is 5.73 Å². The van der Waals surface area contributed by atoms with Gasteiger partial charge in [0.15, 0.2) is 5.13 Å². The number of nitrogens with one attached hydrogen (secondary N) is 1. The largest absolute Gasteiger partial charge is 0.375 e. The van der Waals surface area contributed by atoms with Crippen LogP contribution in [0.25, 0.3) is 0 Å². The van der Waals surface area contributed by atoms with Gasteiger partial charge in [0.2, 0.25) is 0 Å². The fourth-order valence-corrected chi connectivity index (χ4v) is 1.77. The molecule has 0 saturated carbocycles. The van der Waals surface area contributed by atoms with Crippen molar-refractivity contribution in [2.24, 2.45) is 7.05 Å². The summed E-state index contributed by atoms with van der Waals surface area (Å²) >= 11 is 1.25. The lowest BCUT2D eigenvalue weighted by Crippen LogP contribution is -2.22. The van der Waals surface area contributed by atoms with Crippen LogP contribution >= 0.6 is 11.3 Å². The van der Waals surface area contributed by atoms with Crippen LogP contribution in [-0.4, -0.2) is 20.7 Å². The molecule has 2 aromatic rings. The fourth-order valence-electron chi connectivity index (χ4n) is 1.23. The molecule has 0 fully saturated rings. The minimum Gasteiger partial charge on any atom is -0.375 e. The Hall–Kier alpha value is -1.89. The average molecular weight is 237 g/mol. The Morgan fingerprint density at radius 3 is 3.06 bits per heavy atom. The Morgan fingerprint density at radius 2 is 2.50 bits per heavy atom. The molecule has 3 N–H and O–H groups in total. The van der Waals surface area contributed by atoms with Gasteiger partial charge in [0, 0.05) is 30.7 Å². The number of hydrogen-bond acceptors (Lipinski definition) is 5. The maximum absolute atomic E-state index is 11.6. The highest BCUT2D eigenvalue weighted by molar-refractivity contribution is 7.13. The van der Waals surface area contributed by atoms with E-state index in [0.29, 0.717) is 17.4 Å². The molecule has 16 heavy (non-hydrogen) atoms. The van der Waals surface area contributed by atoms with E-state index in [1.165, 1.54) is 11.3 Å². The van der Waals surface area contributed by atoms with Gasteiger partial charge in [-0.2, -0.15) is 5.10 Å². The molecule has 0 spiro atoms. The first-order valence-electron chi connectivity index (χ1n) is 4.62. The molecular weight excluding hydrogens is 226 g/mol. The number of amides is 1. The second kappa shape index (κ2) is 4.31. The lowest BCUT2D eigenvalue weighted by molar-refractivity contribution is 0.0946. The summed E-state index contributed by atoms with van der Waals surface area (Å²) in [5.41, 5.74) is 6.74. The number of aryl methyl sites for hydroxylation is 1. The quantitative estimate of drug-likeness (QED) is 0.808. The molecule has 0 atom stereocenters. The van der Waals surface area contributed by atoms with Crippen LogP contribution in [0.5, 0.6) is 0 Å². The van der Waals surface area contributed by atoms with E-state index in [1.54, 1.807) is 16.3 Å². The zero-order chi connectivity index (χ0) is 11.5. The van der Waals surface area contributed by atoms with E-state index in [1.807, 2.05) is 13.2 Å². The summed E-state index contributed by atoms with van der Waals surface area (Å²) < 4.78 is 1.68. The Labute approximate surface area is 96.1 Å². The van der Waals surface area contributed by atoms with Gasteiger partial charge >= 0.3 is 0 Å². The van der Waals surface area contributed by atoms with Crippen molar-refractivity contribution in [2.45, 2.75) is 6.54 Å². The standard InChI is InChI=1S/C9H11N5OS/c1-14-4-6(3-12-14)2-11-8(15)7-5-16-9(10)13-7/h3-5H,2H2,1H3,(H2,10,13)(H,11,15). The number of rotatable bonds is 3. The van der Waals surface area contributed by atoms with Gasteiger partial charge in [0.1, 0.15) is 5.69 Å². The summed E-state index contributed by atoms with van der Waals surface area (Å²) in [6.45, 7) is 0.435. The van der Waals surface area contributed by atoms with Crippen molar-refractivity contribution in [2.75, 3.05) is 5.73 Å². The fraction of sp³-hybridized carbons (Fsp3) is 0.222. The Kier molecular flexibility index (Phi) is 2.86. The SMILES string of the molecule is Cn1cc(CNC(=O)c2csc(N)n2)cn1. The van der Waals surface area contributed by atoms with E-state index in [9.17, 15) is 4.79 Å². The number of thiazole rings is 1. The molecule has 0 aliphatic carbocycles. The second-order valence-electron chi connectivity index (χ2n) is 3.28. The van der Waals surface area contributed by atoms with Crippen molar-refractivity contribution in [1.29, 1.82) is 0 Å². The number of carbonyl (C=O) groups is 1. The van der Waals surface area contributed by atoms with Crippen LogP contribution < -0.4 is 11.1 Å². The first-order chi connectivity index (χ1) is 7.65. The number of nitrogens with two attached hydrogens (primary N) is 1. The zero-order valence-electron chi connectivity index (χ0n) is 8.67. The summed E-state index contributed by atoms with van der Waals surface area (Å²) in [5, 5.41) is 8.77. The Bertz CT molecular complexity index is 503.